The van der Waals surface area contributed by atoms with Crippen LogP contribution in [0.5, 0.6) is 0 Å². The maximum Gasteiger partial charge on any atom is 0.262 e. The van der Waals surface area contributed by atoms with Gasteiger partial charge in [0.15, 0.2) is 0 Å². The maximum absolute atomic E-state index is 12.8. The van der Waals surface area contributed by atoms with E-state index in [1.165, 1.54) is 11.3 Å². The molecular formula is C35H50N4O3S. The largest absolute Gasteiger partial charge is 0.396 e. The molecule has 1 saturated heterocycles. The summed E-state index contributed by atoms with van der Waals surface area (Å²) >= 11 is 1.54. The molecule has 0 atom stereocenters. The first kappa shape index (κ1) is 36.0. The highest BCUT2D eigenvalue weighted by molar-refractivity contribution is 7.16. The van der Waals surface area contributed by atoms with Gasteiger partial charge in [-0.05, 0) is 85.9 Å². The second-order valence-electron chi connectivity index (χ2n) is 12.0. The number of benzene rings is 1. The molecule has 0 saturated carbocycles. The minimum absolute atomic E-state index is 0.0432. The Balaban J connectivity index is 0.00000151. The number of amides is 1. The van der Waals surface area contributed by atoms with Gasteiger partial charge in [-0.15, -0.1) is 11.3 Å². The SMILES string of the molecule is C=c1cc(-c2ccc(/C(C)=C(\C#N)C(=O)NC(C)(C)CCO)s2)cc/c1=C/C(=C\C)NCCN1CCOCC1.CC(C)C. The number of morpholine rings is 1. The molecule has 8 heteroatoms. The summed E-state index contributed by atoms with van der Waals surface area (Å²) in [6, 6.07) is 12.2. The Kier molecular flexibility index (Phi) is 14.9. The summed E-state index contributed by atoms with van der Waals surface area (Å²) in [5.74, 6) is 0.404. The number of nitriles is 1. The van der Waals surface area contributed by atoms with Crippen LogP contribution in [0.1, 0.15) is 59.8 Å². The highest BCUT2D eigenvalue weighted by atomic mass is 32.1. The van der Waals surface area contributed by atoms with E-state index in [-0.39, 0.29) is 12.2 Å². The van der Waals surface area contributed by atoms with Crippen molar-refractivity contribution in [3.05, 3.63) is 63.0 Å². The van der Waals surface area contributed by atoms with Gasteiger partial charge in [-0.3, -0.25) is 9.69 Å². The molecule has 0 radical (unpaired) electrons. The smallest absolute Gasteiger partial charge is 0.262 e. The molecule has 1 fully saturated rings. The minimum atomic E-state index is -0.608. The summed E-state index contributed by atoms with van der Waals surface area (Å²) in [5.41, 5.74) is 2.20. The van der Waals surface area contributed by atoms with Crippen LogP contribution in [-0.4, -0.2) is 67.5 Å². The lowest BCUT2D eigenvalue weighted by molar-refractivity contribution is -0.118. The second-order valence-corrected chi connectivity index (χ2v) is 13.1. The molecule has 1 aliphatic heterocycles. The highest BCUT2D eigenvalue weighted by Crippen LogP contribution is 2.32. The van der Waals surface area contributed by atoms with Crippen LogP contribution in [0.2, 0.25) is 0 Å². The lowest BCUT2D eigenvalue weighted by Gasteiger charge is -2.26. The van der Waals surface area contributed by atoms with E-state index in [1.54, 1.807) is 6.92 Å². The summed E-state index contributed by atoms with van der Waals surface area (Å²) in [7, 11) is 0. The molecule has 2 aromatic rings. The van der Waals surface area contributed by atoms with Crippen LogP contribution in [0.25, 0.3) is 28.7 Å². The second kappa shape index (κ2) is 17.8. The Morgan fingerprint density at radius 2 is 1.91 bits per heavy atom. The molecule has 1 aromatic heterocycles. The zero-order chi connectivity index (χ0) is 32.0. The summed E-state index contributed by atoms with van der Waals surface area (Å²) in [4.78, 5) is 17.1. The standard InChI is InChI=1S/C31H40N4O3S.C4H10/c1-6-26(33-12-13-35-14-17-38-18-15-35)20-24-7-8-25(19-22(24)2)29-10-9-28(39-29)23(3)27(21-32)30(37)34-31(4,5)11-16-36;1-4(2)3/h6-10,19-20,33,36H,2,11-18H2,1,3-5H3,(H,34,37);4H,1-3H3/b24-20-,26-6+,27-23+;. The van der Waals surface area contributed by atoms with Crippen molar-refractivity contribution in [3.63, 3.8) is 0 Å². The van der Waals surface area contributed by atoms with E-state index >= 15 is 0 Å². The minimum Gasteiger partial charge on any atom is -0.396 e. The number of thiophene rings is 1. The Morgan fingerprint density at radius 3 is 2.49 bits per heavy atom. The van der Waals surface area contributed by atoms with Gasteiger partial charge in [-0.1, -0.05) is 45.6 Å². The van der Waals surface area contributed by atoms with Crippen molar-refractivity contribution in [3.8, 4) is 16.5 Å². The number of allylic oxidation sites excluding steroid dienone is 3. The van der Waals surface area contributed by atoms with Crippen molar-refractivity contribution in [1.82, 2.24) is 15.5 Å². The van der Waals surface area contributed by atoms with Crippen LogP contribution in [0.15, 0.2) is 47.7 Å². The monoisotopic (exact) mass is 606 g/mol. The molecule has 0 bridgehead atoms. The van der Waals surface area contributed by atoms with E-state index in [0.717, 1.165) is 76.8 Å². The van der Waals surface area contributed by atoms with E-state index in [1.807, 2.05) is 32.9 Å². The van der Waals surface area contributed by atoms with E-state index < -0.39 is 11.4 Å². The number of aliphatic hydroxyl groups excluding tert-OH is 1. The van der Waals surface area contributed by atoms with E-state index in [9.17, 15) is 15.2 Å². The third kappa shape index (κ3) is 12.1. The molecule has 3 rings (SSSR count). The molecule has 0 spiro atoms. The first-order chi connectivity index (χ1) is 20.4. The van der Waals surface area contributed by atoms with Crippen LogP contribution in [0.3, 0.4) is 0 Å². The number of aliphatic hydroxyl groups is 1. The van der Waals surface area contributed by atoms with Gasteiger partial charge in [-0.25, -0.2) is 0 Å². The third-order valence-electron chi connectivity index (χ3n) is 6.79. The zero-order valence-electron chi connectivity index (χ0n) is 27.0. The van der Waals surface area contributed by atoms with Gasteiger partial charge >= 0.3 is 0 Å². The summed E-state index contributed by atoms with van der Waals surface area (Å²) in [5, 5.41) is 27.3. The number of hydrogen-bond donors (Lipinski definition) is 3. The fourth-order valence-electron chi connectivity index (χ4n) is 4.32. The summed E-state index contributed by atoms with van der Waals surface area (Å²) in [6.45, 7) is 23.6. The number of carbonyl (C=O) groups excluding carboxylic acids is 1. The number of nitrogens with one attached hydrogen (secondary N) is 2. The van der Waals surface area contributed by atoms with E-state index in [0.29, 0.717) is 12.0 Å². The quantitative estimate of drug-likeness (QED) is 0.254. The predicted octanol–water partition coefficient (Wildman–Crippen LogP) is 4.67. The highest BCUT2D eigenvalue weighted by Gasteiger charge is 2.23. The molecule has 1 amide bonds. The van der Waals surface area contributed by atoms with Crippen molar-refractivity contribution in [2.45, 2.75) is 60.4 Å². The lowest BCUT2D eigenvalue weighted by Crippen LogP contribution is -2.44. The lowest BCUT2D eigenvalue weighted by atomic mass is 9.99. The Labute approximate surface area is 262 Å². The van der Waals surface area contributed by atoms with Gasteiger partial charge in [0.1, 0.15) is 11.6 Å². The van der Waals surface area contributed by atoms with Gasteiger partial charge in [0, 0.05) is 53.8 Å². The van der Waals surface area contributed by atoms with E-state index in [2.05, 4.69) is 79.3 Å². The zero-order valence-corrected chi connectivity index (χ0v) is 27.9. The molecule has 43 heavy (non-hydrogen) atoms. The Morgan fingerprint density at radius 1 is 1.23 bits per heavy atom. The number of ether oxygens (including phenoxy) is 1. The first-order valence-corrected chi connectivity index (χ1v) is 15.9. The number of nitrogens with zero attached hydrogens (tertiary/aromatic N) is 2. The van der Waals surface area contributed by atoms with Crippen LogP contribution in [-0.2, 0) is 9.53 Å². The van der Waals surface area contributed by atoms with E-state index in [4.69, 9.17) is 4.74 Å². The molecule has 234 valence electrons. The summed E-state index contributed by atoms with van der Waals surface area (Å²) < 4.78 is 5.42. The number of carbonyl (C=O) groups is 1. The fourth-order valence-corrected chi connectivity index (χ4v) is 5.33. The first-order valence-electron chi connectivity index (χ1n) is 15.1. The molecule has 0 aliphatic carbocycles. The van der Waals surface area contributed by atoms with Crippen molar-refractivity contribution in [1.29, 1.82) is 5.26 Å². The van der Waals surface area contributed by atoms with Gasteiger partial charge in [0.05, 0.1) is 13.2 Å². The molecule has 3 N–H and O–H groups in total. The molecule has 7 nitrogen and oxygen atoms in total. The van der Waals surface area contributed by atoms with Crippen LogP contribution >= 0.6 is 11.3 Å². The van der Waals surface area contributed by atoms with Gasteiger partial charge in [-0.2, -0.15) is 5.26 Å². The summed E-state index contributed by atoms with van der Waals surface area (Å²) in [6.07, 6.45) is 4.59. The molecule has 1 aromatic carbocycles. The number of rotatable bonds is 11. The average Bonchev–Trinajstić information content (AvgIpc) is 3.44. The fraction of sp³-hybridized carbons (Fsp3) is 0.486. The molecule has 1 aliphatic rings. The normalized spacial score (nSPS) is 15.3. The average molecular weight is 607 g/mol. The molecule has 2 heterocycles. The van der Waals surface area contributed by atoms with Crippen molar-refractivity contribution in [2.24, 2.45) is 5.92 Å². The van der Waals surface area contributed by atoms with Crippen LogP contribution in [0, 0.1) is 17.2 Å². The van der Waals surface area contributed by atoms with Gasteiger partial charge in [0.2, 0.25) is 0 Å². The third-order valence-corrected chi connectivity index (χ3v) is 8.04. The van der Waals surface area contributed by atoms with Gasteiger partial charge < -0.3 is 20.5 Å². The maximum atomic E-state index is 12.8. The molecule has 0 unspecified atom stereocenters. The van der Waals surface area contributed by atoms with Crippen molar-refractivity contribution in [2.75, 3.05) is 46.0 Å². The van der Waals surface area contributed by atoms with Crippen LogP contribution in [0.4, 0.5) is 0 Å². The van der Waals surface area contributed by atoms with Crippen molar-refractivity contribution < 1.29 is 14.6 Å². The van der Waals surface area contributed by atoms with Crippen LogP contribution < -0.4 is 21.1 Å². The topological polar surface area (TPSA) is 97.6 Å². The predicted molar refractivity (Wildman–Crippen MR) is 181 cm³/mol. The van der Waals surface area contributed by atoms with Crippen molar-refractivity contribution >= 4 is 35.5 Å². The number of hydrogen-bond acceptors (Lipinski definition) is 7. The molecular weight excluding hydrogens is 556 g/mol. The Bertz CT molecular complexity index is 1410. The van der Waals surface area contributed by atoms with Gasteiger partial charge in [0.25, 0.3) is 5.91 Å². The Hall–Kier alpha value is -3.22.